The van der Waals surface area contributed by atoms with Gasteiger partial charge in [0.2, 0.25) is 5.91 Å². The van der Waals surface area contributed by atoms with Gasteiger partial charge in [-0.15, -0.1) is 0 Å². The van der Waals surface area contributed by atoms with Crippen molar-refractivity contribution < 1.29 is 14.3 Å². The van der Waals surface area contributed by atoms with Gasteiger partial charge in [0.1, 0.15) is 5.60 Å². The third-order valence-corrected chi connectivity index (χ3v) is 5.08. The van der Waals surface area contributed by atoms with Crippen LogP contribution >= 0.6 is 0 Å². The van der Waals surface area contributed by atoms with Gasteiger partial charge in [-0.05, 0) is 32.6 Å². The van der Waals surface area contributed by atoms with Gasteiger partial charge in [-0.2, -0.15) is 5.26 Å². The number of nitrogens with zero attached hydrogens (tertiary/aromatic N) is 4. The van der Waals surface area contributed by atoms with E-state index in [9.17, 15) is 9.59 Å². The second kappa shape index (κ2) is 6.25. The Morgan fingerprint density at radius 3 is 2.17 bits per heavy atom. The van der Waals surface area contributed by atoms with Crippen molar-refractivity contribution in [3.05, 3.63) is 0 Å². The van der Waals surface area contributed by atoms with Crippen LogP contribution in [0.15, 0.2) is 0 Å². The summed E-state index contributed by atoms with van der Waals surface area (Å²) in [7, 11) is 0. The molecule has 132 valence electrons. The monoisotopic (exact) mass is 334 g/mol. The third-order valence-electron chi connectivity index (χ3n) is 5.08. The van der Waals surface area contributed by atoms with Crippen molar-refractivity contribution in [3.63, 3.8) is 0 Å². The summed E-state index contributed by atoms with van der Waals surface area (Å²) >= 11 is 0. The maximum absolute atomic E-state index is 12.4. The molecule has 2 saturated heterocycles. The first kappa shape index (κ1) is 17.0. The van der Waals surface area contributed by atoms with Gasteiger partial charge in [-0.3, -0.25) is 9.69 Å². The predicted octanol–water partition coefficient (Wildman–Crippen LogP) is 0.767. The third kappa shape index (κ3) is 3.64. The highest BCUT2D eigenvalue weighted by Crippen LogP contribution is 2.51. The molecule has 1 saturated carbocycles. The Bertz CT molecular complexity index is 545. The molecule has 3 atom stereocenters. The molecule has 0 radical (unpaired) electrons. The smallest absolute Gasteiger partial charge is 0.410 e. The van der Waals surface area contributed by atoms with Crippen LogP contribution in [0.2, 0.25) is 0 Å². The van der Waals surface area contributed by atoms with Gasteiger partial charge >= 0.3 is 6.09 Å². The molecule has 2 heterocycles. The van der Waals surface area contributed by atoms with E-state index in [1.54, 1.807) is 4.90 Å². The molecule has 0 bridgehead atoms. The Balaban J connectivity index is 1.39. The topological polar surface area (TPSA) is 76.9 Å². The van der Waals surface area contributed by atoms with Gasteiger partial charge in [-0.25, -0.2) is 4.79 Å². The number of rotatable bonds is 2. The molecule has 0 aromatic heterocycles. The van der Waals surface area contributed by atoms with Crippen LogP contribution in [-0.2, 0) is 9.53 Å². The number of fused-ring (bicyclic) bond motifs is 1. The summed E-state index contributed by atoms with van der Waals surface area (Å²) in [4.78, 5) is 30.1. The summed E-state index contributed by atoms with van der Waals surface area (Å²) in [5.74, 6) is 1.13. The fraction of sp³-hybridized carbons (Fsp3) is 0.824. The van der Waals surface area contributed by atoms with Crippen molar-refractivity contribution in [1.82, 2.24) is 14.7 Å². The van der Waals surface area contributed by atoms with E-state index >= 15 is 0 Å². The number of hydrogen-bond acceptors (Lipinski definition) is 5. The SMILES string of the molecule is CC(C)(C)OC(=O)N1CCN(CC(=O)N2C[C@@H]3C(C#N)[C@@H]3C2)CC1. The quantitative estimate of drug-likeness (QED) is 0.745. The number of likely N-dealkylation sites (tertiary alicyclic amines) is 1. The highest BCUT2D eigenvalue weighted by molar-refractivity contribution is 5.79. The lowest BCUT2D eigenvalue weighted by molar-refractivity contribution is -0.132. The molecule has 7 nitrogen and oxygen atoms in total. The first-order chi connectivity index (χ1) is 11.3. The highest BCUT2D eigenvalue weighted by atomic mass is 16.6. The number of amides is 2. The number of ether oxygens (including phenoxy) is 1. The minimum atomic E-state index is -0.484. The fourth-order valence-electron chi connectivity index (χ4n) is 3.63. The molecular weight excluding hydrogens is 308 g/mol. The second-order valence-electron chi connectivity index (χ2n) is 8.02. The van der Waals surface area contributed by atoms with Crippen molar-refractivity contribution in [2.45, 2.75) is 26.4 Å². The highest BCUT2D eigenvalue weighted by Gasteiger charge is 2.57. The summed E-state index contributed by atoms with van der Waals surface area (Å²) in [6.07, 6.45) is -0.282. The van der Waals surface area contributed by atoms with Crippen LogP contribution in [0.1, 0.15) is 20.8 Å². The summed E-state index contributed by atoms with van der Waals surface area (Å²) in [5, 5.41) is 8.93. The number of piperazine rings is 1. The van der Waals surface area contributed by atoms with Gasteiger partial charge in [0.15, 0.2) is 0 Å². The molecule has 0 N–H and O–H groups in total. The average molecular weight is 334 g/mol. The maximum atomic E-state index is 12.4. The van der Waals surface area contributed by atoms with E-state index in [1.165, 1.54) is 0 Å². The molecule has 1 aliphatic carbocycles. The maximum Gasteiger partial charge on any atom is 0.410 e. The van der Waals surface area contributed by atoms with E-state index < -0.39 is 5.60 Å². The van der Waals surface area contributed by atoms with Crippen LogP contribution in [0.3, 0.4) is 0 Å². The van der Waals surface area contributed by atoms with Crippen molar-refractivity contribution in [2.24, 2.45) is 17.8 Å². The molecule has 0 spiro atoms. The number of hydrogen-bond donors (Lipinski definition) is 0. The van der Waals surface area contributed by atoms with Gasteiger partial charge in [0.05, 0.1) is 18.5 Å². The Hall–Kier alpha value is -1.81. The van der Waals surface area contributed by atoms with Crippen LogP contribution in [0.25, 0.3) is 0 Å². The van der Waals surface area contributed by atoms with E-state index in [-0.39, 0.29) is 17.9 Å². The zero-order valence-electron chi connectivity index (χ0n) is 14.7. The van der Waals surface area contributed by atoms with Crippen molar-refractivity contribution in [1.29, 1.82) is 5.26 Å². The van der Waals surface area contributed by atoms with Crippen LogP contribution in [-0.4, -0.2) is 78.1 Å². The summed E-state index contributed by atoms with van der Waals surface area (Å²) in [5.41, 5.74) is -0.484. The fourth-order valence-corrected chi connectivity index (χ4v) is 3.63. The van der Waals surface area contributed by atoms with Gasteiger partial charge in [0.25, 0.3) is 0 Å². The standard InChI is InChI=1S/C17H26N4O3/c1-17(2,3)24-16(23)20-6-4-19(5-7-20)11-15(22)21-9-13-12(8-18)14(13)10-21/h12-14H,4-7,9-11H2,1-3H3/t12?,13-,14+. The second-order valence-corrected chi connectivity index (χ2v) is 8.02. The van der Waals surface area contributed by atoms with Gasteiger partial charge in [0, 0.05) is 39.3 Å². The zero-order chi connectivity index (χ0) is 17.5. The first-order valence-electron chi connectivity index (χ1n) is 8.66. The lowest BCUT2D eigenvalue weighted by Gasteiger charge is -2.35. The molecule has 7 heteroatoms. The summed E-state index contributed by atoms with van der Waals surface area (Å²) in [6, 6.07) is 2.32. The van der Waals surface area contributed by atoms with E-state index in [0.717, 1.165) is 13.1 Å². The Morgan fingerprint density at radius 1 is 1.08 bits per heavy atom. The first-order valence-corrected chi connectivity index (χ1v) is 8.66. The zero-order valence-corrected chi connectivity index (χ0v) is 14.7. The number of piperidine rings is 1. The Kier molecular flexibility index (Phi) is 4.43. The molecule has 24 heavy (non-hydrogen) atoms. The number of nitriles is 1. The lowest BCUT2D eigenvalue weighted by atomic mass is 10.2. The van der Waals surface area contributed by atoms with Crippen molar-refractivity contribution in [2.75, 3.05) is 45.8 Å². The van der Waals surface area contributed by atoms with Crippen LogP contribution in [0.5, 0.6) is 0 Å². The molecular formula is C17H26N4O3. The normalized spacial score (nSPS) is 29.8. The summed E-state index contributed by atoms with van der Waals surface area (Å²) in [6.45, 7) is 10.00. The molecule has 1 unspecified atom stereocenters. The van der Waals surface area contributed by atoms with Gasteiger partial charge in [-0.1, -0.05) is 0 Å². The largest absolute Gasteiger partial charge is 0.444 e. The Labute approximate surface area is 143 Å². The number of carbonyl (C=O) groups is 2. The van der Waals surface area contributed by atoms with Crippen LogP contribution < -0.4 is 0 Å². The molecule has 3 fully saturated rings. The van der Waals surface area contributed by atoms with E-state index in [1.807, 2.05) is 25.7 Å². The Morgan fingerprint density at radius 2 is 1.67 bits per heavy atom. The van der Waals surface area contributed by atoms with E-state index in [2.05, 4.69) is 11.0 Å². The lowest BCUT2D eigenvalue weighted by Crippen LogP contribution is -2.52. The minimum absolute atomic E-state index is 0.143. The van der Waals surface area contributed by atoms with E-state index in [0.29, 0.717) is 44.6 Å². The predicted molar refractivity (Wildman–Crippen MR) is 86.9 cm³/mol. The number of carbonyl (C=O) groups excluding carboxylic acids is 2. The molecule has 0 aromatic rings. The van der Waals surface area contributed by atoms with Gasteiger partial charge < -0.3 is 14.5 Å². The van der Waals surface area contributed by atoms with E-state index in [4.69, 9.17) is 10.00 Å². The summed E-state index contributed by atoms with van der Waals surface area (Å²) < 4.78 is 5.38. The van der Waals surface area contributed by atoms with Crippen LogP contribution in [0, 0.1) is 29.1 Å². The molecule has 0 aromatic carbocycles. The molecule has 2 amide bonds. The van der Waals surface area contributed by atoms with Crippen molar-refractivity contribution >= 4 is 12.0 Å². The van der Waals surface area contributed by atoms with Crippen LogP contribution in [0.4, 0.5) is 4.79 Å². The van der Waals surface area contributed by atoms with Crippen molar-refractivity contribution in [3.8, 4) is 6.07 Å². The molecule has 3 rings (SSSR count). The molecule has 3 aliphatic rings. The average Bonchev–Trinajstić information content (AvgIpc) is 2.97. The minimum Gasteiger partial charge on any atom is -0.444 e. The molecule has 2 aliphatic heterocycles.